The van der Waals surface area contributed by atoms with Crippen LogP contribution in [-0.2, 0) is 19.6 Å². The summed E-state index contributed by atoms with van der Waals surface area (Å²) in [5.41, 5.74) is 4.42. The standard InChI is InChI=1S/C17H19N5O/c1-23-16-4-2-3-13-14(5-6-19-17(13)16)20-9-12-10-21-22-8-7-18-11-15(12)22/h2-6,10,18H,7-9,11H2,1H3,(H,19,20). The average Bonchev–Trinajstić information content (AvgIpc) is 3.02. The highest BCUT2D eigenvalue weighted by Gasteiger charge is 2.14. The van der Waals surface area contributed by atoms with E-state index in [0.29, 0.717) is 0 Å². The number of fused-ring (bicyclic) bond motifs is 2. The molecule has 0 aliphatic carbocycles. The van der Waals surface area contributed by atoms with Crippen molar-refractivity contribution in [2.24, 2.45) is 0 Å². The fourth-order valence-corrected chi connectivity index (χ4v) is 3.04. The molecule has 118 valence electrons. The first-order valence-corrected chi connectivity index (χ1v) is 7.76. The van der Waals surface area contributed by atoms with E-state index >= 15 is 0 Å². The van der Waals surface area contributed by atoms with E-state index in [2.05, 4.69) is 31.5 Å². The predicted molar refractivity (Wildman–Crippen MR) is 89.6 cm³/mol. The Labute approximate surface area is 134 Å². The molecule has 1 aromatic carbocycles. The molecular weight excluding hydrogens is 290 g/mol. The van der Waals surface area contributed by atoms with Gasteiger partial charge >= 0.3 is 0 Å². The van der Waals surface area contributed by atoms with Crippen molar-refractivity contribution in [3.8, 4) is 5.75 Å². The van der Waals surface area contributed by atoms with Gasteiger partial charge in [0.1, 0.15) is 11.3 Å². The van der Waals surface area contributed by atoms with Gasteiger partial charge in [-0.1, -0.05) is 12.1 Å². The van der Waals surface area contributed by atoms with Gasteiger partial charge in [0.2, 0.25) is 0 Å². The Kier molecular flexibility index (Phi) is 3.59. The third-order valence-electron chi connectivity index (χ3n) is 4.25. The van der Waals surface area contributed by atoms with Crippen LogP contribution in [0.25, 0.3) is 10.9 Å². The molecule has 1 aliphatic heterocycles. The van der Waals surface area contributed by atoms with Gasteiger partial charge in [0, 0.05) is 42.5 Å². The van der Waals surface area contributed by atoms with Crippen LogP contribution in [0.1, 0.15) is 11.3 Å². The maximum atomic E-state index is 5.40. The molecule has 6 heteroatoms. The second kappa shape index (κ2) is 5.89. The van der Waals surface area contributed by atoms with Crippen LogP contribution in [0, 0.1) is 0 Å². The lowest BCUT2D eigenvalue weighted by Gasteiger charge is -2.17. The molecule has 0 radical (unpaired) electrons. The van der Waals surface area contributed by atoms with E-state index in [0.717, 1.165) is 48.5 Å². The van der Waals surface area contributed by atoms with Gasteiger partial charge < -0.3 is 15.4 Å². The molecule has 0 saturated heterocycles. The van der Waals surface area contributed by atoms with E-state index in [1.807, 2.05) is 30.6 Å². The summed E-state index contributed by atoms with van der Waals surface area (Å²) in [4.78, 5) is 4.44. The molecule has 3 heterocycles. The van der Waals surface area contributed by atoms with Crippen molar-refractivity contribution in [1.82, 2.24) is 20.1 Å². The minimum atomic E-state index is 0.743. The van der Waals surface area contributed by atoms with Gasteiger partial charge in [-0.15, -0.1) is 0 Å². The predicted octanol–water partition coefficient (Wildman–Crippen LogP) is 2.16. The van der Waals surface area contributed by atoms with Crippen molar-refractivity contribution in [2.75, 3.05) is 19.0 Å². The number of pyridine rings is 1. The van der Waals surface area contributed by atoms with Crippen LogP contribution in [0.5, 0.6) is 5.75 Å². The lowest BCUT2D eigenvalue weighted by Crippen LogP contribution is -2.29. The third-order valence-corrected chi connectivity index (χ3v) is 4.25. The Morgan fingerprint density at radius 3 is 3.22 bits per heavy atom. The first kappa shape index (κ1) is 14.0. The van der Waals surface area contributed by atoms with Crippen molar-refractivity contribution in [1.29, 1.82) is 0 Å². The summed E-state index contributed by atoms with van der Waals surface area (Å²) in [6.07, 6.45) is 3.77. The van der Waals surface area contributed by atoms with Crippen LogP contribution in [0.4, 0.5) is 5.69 Å². The molecule has 1 aliphatic rings. The second-order valence-electron chi connectivity index (χ2n) is 5.58. The molecule has 0 bridgehead atoms. The molecular formula is C17H19N5O. The third kappa shape index (κ3) is 2.51. The smallest absolute Gasteiger partial charge is 0.145 e. The Bertz CT molecular complexity index is 842. The minimum Gasteiger partial charge on any atom is -0.494 e. The first-order valence-electron chi connectivity index (χ1n) is 7.76. The van der Waals surface area contributed by atoms with Crippen molar-refractivity contribution < 1.29 is 4.74 Å². The molecule has 2 N–H and O–H groups in total. The van der Waals surface area contributed by atoms with Crippen molar-refractivity contribution in [3.05, 3.63) is 47.9 Å². The number of hydrogen-bond acceptors (Lipinski definition) is 5. The van der Waals surface area contributed by atoms with Gasteiger partial charge in [-0.3, -0.25) is 9.67 Å². The first-order chi connectivity index (χ1) is 11.4. The molecule has 23 heavy (non-hydrogen) atoms. The second-order valence-corrected chi connectivity index (χ2v) is 5.58. The number of anilines is 1. The summed E-state index contributed by atoms with van der Waals surface area (Å²) >= 11 is 0. The molecule has 3 aromatic rings. The van der Waals surface area contributed by atoms with Crippen molar-refractivity contribution >= 4 is 16.6 Å². The molecule has 0 fully saturated rings. The molecule has 0 spiro atoms. The molecule has 0 amide bonds. The number of nitrogens with one attached hydrogen (secondary N) is 2. The summed E-state index contributed by atoms with van der Waals surface area (Å²) in [6.45, 7) is 3.54. The van der Waals surface area contributed by atoms with Crippen LogP contribution in [-0.4, -0.2) is 28.4 Å². The molecule has 0 unspecified atom stereocenters. The zero-order valence-electron chi connectivity index (χ0n) is 13.0. The molecule has 4 rings (SSSR count). The van der Waals surface area contributed by atoms with Crippen molar-refractivity contribution in [3.63, 3.8) is 0 Å². The Hall–Kier alpha value is -2.60. The highest BCUT2D eigenvalue weighted by atomic mass is 16.5. The van der Waals surface area contributed by atoms with E-state index in [-0.39, 0.29) is 0 Å². The maximum Gasteiger partial charge on any atom is 0.145 e. The maximum absolute atomic E-state index is 5.40. The number of hydrogen-bond donors (Lipinski definition) is 2. The van der Waals surface area contributed by atoms with E-state index in [1.54, 1.807) is 7.11 Å². The van der Waals surface area contributed by atoms with Gasteiger partial charge in [-0.2, -0.15) is 5.10 Å². The number of aromatic nitrogens is 3. The molecule has 0 atom stereocenters. The van der Waals surface area contributed by atoms with Crippen LogP contribution in [0.15, 0.2) is 36.7 Å². The quantitative estimate of drug-likeness (QED) is 0.773. The van der Waals surface area contributed by atoms with Crippen molar-refractivity contribution in [2.45, 2.75) is 19.6 Å². The van der Waals surface area contributed by atoms with E-state index in [1.165, 1.54) is 11.3 Å². The number of rotatable bonds is 4. The average molecular weight is 309 g/mol. The summed E-state index contributed by atoms with van der Waals surface area (Å²) in [5.74, 6) is 0.790. The van der Waals surface area contributed by atoms with E-state index in [4.69, 9.17) is 4.74 Å². The highest BCUT2D eigenvalue weighted by molar-refractivity contribution is 5.94. The van der Waals surface area contributed by atoms with Gasteiger partial charge in [-0.25, -0.2) is 0 Å². The van der Waals surface area contributed by atoms with Gasteiger partial charge in [0.15, 0.2) is 0 Å². The van der Waals surface area contributed by atoms with Crippen LogP contribution in [0.2, 0.25) is 0 Å². The van der Waals surface area contributed by atoms with Crippen LogP contribution < -0.4 is 15.4 Å². The normalized spacial score (nSPS) is 13.8. The lowest BCUT2D eigenvalue weighted by atomic mass is 10.1. The van der Waals surface area contributed by atoms with Crippen LogP contribution >= 0.6 is 0 Å². The number of methoxy groups -OCH3 is 1. The summed E-state index contributed by atoms with van der Waals surface area (Å²) < 4.78 is 7.48. The van der Waals surface area contributed by atoms with Gasteiger partial charge in [0.25, 0.3) is 0 Å². The summed E-state index contributed by atoms with van der Waals surface area (Å²) in [5, 5.41) is 12.4. The molecule has 0 saturated carbocycles. The van der Waals surface area contributed by atoms with E-state index < -0.39 is 0 Å². The van der Waals surface area contributed by atoms with Crippen LogP contribution in [0.3, 0.4) is 0 Å². The SMILES string of the molecule is COc1cccc2c(NCc3cnn4c3CNCC4)ccnc12. The highest BCUT2D eigenvalue weighted by Crippen LogP contribution is 2.29. The molecule has 2 aromatic heterocycles. The largest absolute Gasteiger partial charge is 0.494 e. The van der Waals surface area contributed by atoms with E-state index in [9.17, 15) is 0 Å². The number of nitrogens with zero attached hydrogens (tertiary/aromatic N) is 3. The Morgan fingerprint density at radius 2 is 2.30 bits per heavy atom. The number of ether oxygens (including phenoxy) is 1. The fourth-order valence-electron chi connectivity index (χ4n) is 3.04. The minimum absolute atomic E-state index is 0.743. The Morgan fingerprint density at radius 1 is 1.35 bits per heavy atom. The fraction of sp³-hybridized carbons (Fsp3) is 0.294. The zero-order valence-corrected chi connectivity index (χ0v) is 13.0. The zero-order chi connectivity index (χ0) is 15.6. The van der Waals surface area contributed by atoms with Gasteiger partial charge in [0.05, 0.1) is 25.5 Å². The number of benzene rings is 1. The Balaban J connectivity index is 1.62. The summed E-state index contributed by atoms with van der Waals surface area (Å²) in [6, 6.07) is 7.97. The topological polar surface area (TPSA) is 64.0 Å². The molecule has 6 nitrogen and oxygen atoms in total. The lowest BCUT2D eigenvalue weighted by molar-refractivity contribution is 0.419. The number of para-hydroxylation sites is 1. The monoisotopic (exact) mass is 309 g/mol. The van der Waals surface area contributed by atoms with Gasteiger partial charge in [-0.05, 0) is 12.1 Å². The summed E-state index contributed by atoms with van der Waals surface area (Å²) in [7, 11) is 1.67.